The van der Waals surface area contributed by atoms with Crippen LogP contribution in [0, 0.1) is 5.92 Å². The second-order valence-electron chi connectivity index (χ2n) is 8.20. The highest BCUT2D eigenvalue weighted by Crippen LogP contribution is 2.35. The zero-order valence-corrected chi connectivity index (χ0v) is 15.0. The smallest absolute Gasteiger partial charge is 0.255 e. The van der Waals surface area contributed by atoms with Crippen LogP contribution in [-0.4, -0.2) is 27.4 Å². The molecule has 0 radical (unpaired) electrons. The fourth-order valence-corrected chi connectivity index (χ4v) is 4.97. The summed E-state index contributed by atoms with van der Waals surface area (Å²) in [6.07, 6.45) is 12.4. The zero-order valence-electron chi connectivity index (χ0n) is 15.0. The highest BCUT2D eigenvalue weighted by Gasteiger charge is 2.29. The summed E-state index contributed by atoms with van der Waals surface area (Å²) >= 11 is 0. The van der Waals surface area contributed by atoms with Gasteiger partial charge >= 0.3 is 0 Å². The van der Waals surface area contributed by atoms with E-state index in [-0.39, 0.29) is 5.56 Å². The van der Waals surface area contributed by atoms with Crippen molar-refractivity contribution < 1.29 is 0 Å². The fraction of sp³-hybridized carbons (Fsp3) is 0.700. The van der Waals surface area contributed by atoms with Crippen LogP contribution in [0.4, 0.5) is 0 Å². The molecule has 134 valence electrons. The van der Waals surface area contributed by atoms with Gasteiger partial charge in [-0.2, -0.15) is 5.10 Å². The van der Waals surface area contributed by atoms with Crippen molar-refractivity contribution in [2.75, 3.05) is 13.1 Å². The lowest BCUT2D eigenvalue weighted by atomic mass is 9.88. The Bertz CT molecular complexity index is 839. The van der Waals surface area contributed by atoms with Gasteiger partial charge in [-0.1, -0.05) is 0 Å². The van der Waals surface area contributed by atoms with Gasteiger partial charge in [-0.15, -0.1) is 0 Å². The van der Waals surface area contributed by atoms with Gasteiger partial charge in [-0.25, -0.2) is 4.68 Å². The molecule has 2 aliphatic carbocycles. The largest absolute Gasteiger partial charge is 0.316 e. The first kappa shape index (κ1) is 15.6. The van der Waals surface area contributed by atoms with E-state index in [1.807, 2.05) is 6.20 Å². The van der Waals surface area contributed by atoms with E-state index >= 15 is 0 Å². The lowest BCUT2D eigenvalue weighted by Gasteiger charge is -2.31. The molecule has 1 unspecified atom stereocenters. The normalized spacial score (nSPS) is 24.2. The number of nitrogens with one attached hydrogen (secondary N) is 1. The number of rotatable bonds is 3. The van der Waals surface area contributed by atoms with Gasteiger partial charge in [0.2, 0.25) is 0 Å². The van der Waals surface area contributed by atoms with Crippen molar-refractivity contribution in [3.63, 3.8) is 0 Å². The summed E-state index contributed by atoms with van der Waals surface area (Å²) in [4.78, 5) is 13.3. The van der Waals surface area contributed by atoms with Crippen LogP contribution >= 0.6 is 0 Å². The third-order valence-corrected chi connectivity index (χ3v) is 6.58. The van der Waals surface area contributed by atoms with Gasteiger partial charge in [-0.3, -0.25) is 9.36 Å². The van der Waals surface area contributed by atoms with Gasteiger partial charge in [0, 0.05) is 23.5 Å². The summed E-state index contributed by atoms with van der Waals surface area (Å²) in [5.74, 6) is 0.623. The predicted octanol–water partition coefficient (Wildman–Crippen LogP) is 2.80. The van der Waals surface area contributed by atoms with Crippen LogP contribution < -0.4 is 10.9 Å². The van der Waals surface area contributed by atoms with Crippen molar-refractivity contribution in [2.45, 2.75) is 70.4 Å². The molecule has 1 saturated carbocycles. The van der Waals surface area contributed by atoms with Crippen LogP contribution in [0.5, 0.6) is 0 Å². The molecule has 5 nitrogen and oxygen atoms in total. The summed E-state index contributed by atoms with van der Waals surface area (Å²) in [5.41, 5.74) is 3.79. The number of pyridine rings is 1. The Morgan fingerprint density at radius 1 is 1.08 bits per heavy atom. The third-order valence-electron chi connectivity index (χ3n) is 6.58. The minimum atomic E-state index is 0.287. The van der Waals surface area contributed by atoms with Crippen molar-refractivity contribution >= 4 is 11.0 Å². The molecule has 5 heteroatoms. The number of fused-ring (bicyclic) bond motifs is 3. The third kappa shape index (κ3) is 2.55. The Kier molecular flexibility index (Phi) is 3.92. The van der Waals surface area contributed by atoms with Gasteiger partial charge in [0.1, 0.15) is 5.65 Å². The average molecular weight is 340 g/mol. The minimum absolute atomic E-state index is 0.287. The molecule has 3 heterocycles. The summed E-state index contributed by atoms with van der Waals surface area (Å²) < 4.78 is 4.29. The lowest BCUT2D eigenvalue weighted by molar-refractivity contribution is 0.299. The molecule has 3 aliphatic rings. The average Bonchev–Trinajstić information content (AvgIpc) is 3.01. The van der Waals surface area contributed by atoms with E-state index in [1.165, 1.54) is 36.6 Å². The van der Waals surface area contributed by atoms with Crippen molar-refractivity contribution in [1.82, 2.24) is 19.7 Å². The number of aromatic nitrogens is 3. The molecule has 0 aromatic carbocycles. The summed E-state index contributed by atoms with van der Waals surface area (Å²) in [7, 11) is 0. The van der Waals surface area contributed by atoms with Crippen LogP contribution in [0.3, 0.4) is 0 Å². The molecule has 5 rings (SSSR count). The molecule has 1 atom stereocenters. The standard InChI is InChI=1S/C20H28N4O/c25-20-17-9-2-1-8-16(17)18-12-22-23(13-14-5-4-10-21-11-14)19(18)24(20)15-6-3-7-15/h12,14-15,21H,1-11,13H2. The van der Waals surface area contributed by atoms with Crippen molar-refractivity contribution in [3.8, 4) is 0 Å². The molecule has 2 aromatic heterocycles. The van der Waals surface area contributed by atoms with Gasteiger partial charge < -0.3 is 5.32 Å². The van der Waals surface area contributed by atoms with E-state index in [4.69, 9.17) is 5.10 Å². The number of nitrogens with zero attached hydrogens (tertiary/aromatic N) is 3. The Morgan fingerprint density at radius 3 is 2.64 bits per heavy atom. The minimum Gasteiger partial charge on any atom is -0.316 e. The van der Waals surface area contributed by atoms with Crippen LogP contribution in [0.25, 0.3) is 11.0 Å². The van der Waals surface area contributed by atoms with Crippen LogP contribution in [0.2, 0.25) is 0 Å². The van der Waals surface area contributed by atoms with Gasteiger partial charge in [0.15, 0.2) is 0 Å². The Morgan fingerprint density at radius 2 is 1.92 bits per heavy atom. The maximum absolute atomic E-state index is 13.3. The van der Waals surface area contributed by atoms with Crippen LogP contribution in [0.1, 0.15) is 62.1 Å². The summed E-state index contributed by atoms with van der Waals surface area (Å²) in [6.45, 7) is 3.14. The second-order valence-corrected chi connectivity index (χ2v) is 8.20. The fourth-order valence-electron chi connectivity index (χ4n) is 4.97. The SMILES string of the molecule is O=c1c2c(c3cnn(CC4CCCNC4)c3n1C1CCC1)CCCC2. The van der Waals surface area contributed by atoms with E-state index in [2.05, 4.69) is 14.6 Å². The van der Waals surface area contributed by atoms with Crippen molar-refractivity contribution in [3.05, 3.63) is 27.7 Å². The highest BCUT2D eigenvalue weighted by molar-refractivity contribution is 5.81. The number of hydrogen-bond acceptors (Lipinski definition) is 3. The second kappa shape index (κ2) is 6.27. The Balaban J connectivity index is 1.66. The maximum atomic E-state index is 13.3. The molecular weight excluding hydrogens is 312 g/mol. The highest BCUT2D eigenvalue weighted by atomic mass is 16.1. The van der Waals surface area contributed by atoms with Gasteiger partial charge in [-0.05, 0) is 82.4 Å². The number of aryl methyl sites for hydroxylation is 1. The van der Waals surface area contributed by atoms with Crippen LogP contribution in [-0.2, 0) is 19.4 Å². The molecule has 1 N–H and O–H groups in total. The maximum Gasteiger partial charge on any atom is 0.255 e. The molecular formula is C20H28N4O. The number of hydrogen-bond donors (Lipinski definition) is 1. The van der Waals surface area contributed by atoms with E-state index in [0.717, 1.165) is 62.9 Å². The Hall–Kier alpha value is -1.62. The summed E-state index contributed by atoms with van der Waals surface area (Å²) in [5, 5.41) is 9.53. The predicted molar refractivity (Wildman–Crippen MR) is 99.1 cm³/mol. The Labute approximate surface area is 148 Å². The molecule has 0 spiro atoms. The topological polar surface area (TPSA) is 51.9 Å². The zero-order chi connectivity index (χ0) is 16.8. The van der Waals surface area contributed by atoms with Crippen molar-refractivity contribution in [2.24, 2.45) is 5.92 Å². The van der Waals surface area contributed by atoms with Gasteiger partial charge in [0.25, 0.3) is 5.56 Å². The van der Waals surface area contributed by atoms with Gasteiger partial charge in [0.05, 0.1) is 6.20 Å². The van der Waals surface area contributed by atoms with E-state index in [0.29, 0.717) is 12.0 Å². The first-order chi connectivity index (χ1) is 12.3. The van der Waals surface area contributed by atoms with E-state index in [9.17, 15) is 4.79 Å². The molecule has 2 fully saturated rings. The van der Waals surface area contributed by atoms with E-state index < -0.39 is 0 Å². The molecule has 1 aliphatic heterocycles. The molecule has 1 saturated heterocycles. The quantitative estimate of drug-likeness (QED) is 0.935. The van der Waals surface area contributed by atoms with Crippen LogP contribution in [0.15, 0.2) is 11.0 Å². The first-order valence-electron chi connectivity index (χ1n) is 10.2. The molecule has 0 bridgehead atoms. The molecule has 25 heavy (non-hydrogen) atoms. The first-order valence-corrected chi connectivity index (χ1v) is 10.2. The number of piperidine rings is 1. The van der Waals surface area contributed by atoms with Crippen molar-refractivity contribution in [1.29, 1.82) is 0 Å². The molecule has 0 amide bonds. The summed E-state index contributed by atoms with van der Waals surface area (Å²) in [6, 6.07) is 0.391. The lowest BCUT2D eigenvalue weighted by Crippen LogP contribution is -2.36. The molecule has 2 aromatic rings. The monoisotopic (exact) mass is 340 g/mol. The van der Waals surface area contributed by atoms with E-state index in [1.54, 1.807) is 0 Å².